The Kier molecular flexibility index (Phi) is 5.26. The number of hydrogen-bond acceptors (Lipinski definition) is 7. The van der Waals surface area contributed by atoms with Crippen LogP contribution in [0.2, 0.25) is 0 Å². The first kappa shape index (κ1) is 17.8. The lowest BCUT2D eigenvalue weighted by Gasteiger charge is -2.21. The van der Waals surface area contributed by atoms with E-state index in [-0.39, 0.29) is 0 Å². The standard InChI is InChI=1S/C19H20N4O3S/c1-12-8-15-9-14(2-3-16(15)23-22-12)17-10-20-18(27-17)21-19(24)26-11-13-4-6-25-7-5-13/h2-3,8-10,13H,4-7,11H2,1H3,(H,20,21,24). The molecule has 1 aliphatic rings. The second kappa shape index (κ2) is 7.98. The Morgan fingerprint density at radius 2 is 2.15 bits per heavy atom. The summed E-state index contributed by atoms with van der Waals surface area (Å²) in [6, 6.07) is 7.97. The summed E-state index contributed by atoms with van der Waals surface area (Å²) in [6.07, 6.45) is 3.15. The molecule has 0 radical (unpaired) electrons. The third-order valence-electron chi connectivity index (χ3n) is 4.50. The van der Waals surface area contributed by atoms with Crippen LogP contribution < -0.4 is 5.32 Å². The number of rotatable bonds is 4. The van der Waals surface area contributed by atoms with Gasteiger partial charge in [-0.1, -0.05) is 17.4 Å². The highest BCUT2D eigenvalue weighted by atomic mass is 32.1. The van der Waals surface area contributed by atoms with Crippen molar-refractivity contribution in [2.45, 2.75) is 19.8 Å². The predicted octanol–water partition coefficient (Wildman–Crippen LogP) is 4.04. The van der Waals surface area contributed by atoms with E-state index in [0.717, 1.165) is 53.1 Å². The number of benzene rings is 1. The number of aryl methyl sites for hydroxylation is 1. The molecule has 1 aliphatic heterocycles. The third-order valence-corrected chi connectivity index (χ3v) is 5.46. The summed E-state index contributed by atoms with van der Waals surface area (Å²) in [5, 5.41) is 12.5. The molecular weight excluding hydrogens is 364 g/mol. The molecule has 1 aromatic carbocycles. The quantitative estimate of drug-likeness (QED) is 0.731. The highest BCUT2D eigenvalue weighted by Crippen LogP contribution is 2.31. The lowest BCUT2D eigenvalue weighted by Crippen LogP contribution is -2.23. The minimum atomic E-state index is -0.466. The van der Waals surface area contributed by atoms with Crippen molar-refractivity contribution in [1.29, 1.82) is 0 Å². The van der Waals surface area contributed by atoms with Crippen LogP contribution in [0.15, 0.2) is 30.5 Å². The number of amides is 1. The molecule has 0 bridgehead atoms. The van der Waals surface area contributed by atoms with Gasteiger partial charge in [-0.3, -0.25) is 5.32 Å². The lowest BCUT2D eigenvalue weighted by molar-refractivity contribution is 0.0405. The summed E-state index contributed by atoms with van der Waals surface area (Å²) in [7, 11) is 0. The van der Waals surface area contributed by atoms with Crippen LogP contribution in [-0.4, -0.2) is 41.1 Å². The average molecular weight is 384 g/mol. The number of nitrogens with one attached hydrogen (secondary N) is 1. The molecule has 1 amide bonds. The second-order valence-electron chi connectivity index (χ2n) is 6.57. The van der Waals surface area contributed by atoms with Crippen LogP contribution in [0.4, 0.5) is 9.93 Å². The van der Waals surface area contributed by atoms with Crippen molar-refractivity contribution < 1.29 is 14.3 Å². The Bertz CT molecular complexity index is 953. The molecule has 140 valence electrons. The molecule has 0 atom stereocenters. The zero-order valence-corrected chi connectivity index (χ0v) is 15.8. The van der Waals surface area contributed by atoms with E-state index in [4.69, 9.17) is 9.47 Å². The van der Waals surface area contributed by atoms with E-state index >= 15 is 0 Å². The highest BCUT2D eigenvalue weighted by Gasteiger charge is 2.16. The first-order valence-electron chi connectivity index (χ1n) is 8.89. The predicted molar refractivity (Wildman–Crippen MR) is 104 cm³/mol. The summed E-state index contributed by atoms with van der Waals surface area (Å²) in [5.74, 6) is 0.375. The van der Waals surface area contributed by atoms with Gasteiger partial charge in [-0.05, 0) is 49.4 Å². The Hall–Kier alpha value is -2.58. The van der Waals surface area contributed by atoms with E-state index in [0.29, 0.717) is 17.7 Å². The molecule has 27 heavy (non-hydrogen) atoms. The molecule has 4 rings (SSSR count). The molecule has 7 nitrogen and oxygen atoms in total. The highest BCUT2D eigenvalue weighted by molar-refractivity contribution is 7.19. The van der Waals surface area contributed by atoms with Gasteiger partial charge in [0.05, 0.1) is 22.7 Å². The number of aromatic nitrogens is 3. The zero-order chi connectivity index (χ0) is 18.6. The molecule has 0 spiro atoms. The molecule has 3 aromatic rings. The van der Waals surface area contributed by atoms with Crippen molar-refractivity contribution >= 4 is 33.5 Å². The number of fused-ring (bicyclic) bond motifs is 1. The van der Waals surface area contributed by atoms with Gasteiger partial charge in [0.2, 0.25) is 0 Å². The average Bonchev–Trinajstić information content (AvgIpc) is 3.15. The van der Waals surface area contributed by atoms with Gasteiger partial charge in [0.1, 0.15) is 0 Å². The zero-order valence-electron chi connectivity index (χ0n) is 15.0. The third kappa shape index (κ3) is 4.40. The first-order valence-corrected chi connectivity index (χ1v) is 9.71. The van der Waals surface area contributed by atoms with Crippen LogP contribution in [0.5, 0.6) is 0 Å². The van der Waals surface area contributed by atoms with Crippen molar-refractivity contribution in [3.8, 4) is 10.4 Å². The molecular formula is C19H20N4O3S. The minimum absolute atomic E-state index is 0.375. The summed E-state index contributed by atoms with van der Waals surface area (Å²) in [5.41, 5.74) is 2.75. The van der Waals surface area contributed by atoms with Crippen molar-refractivity contribution in [2.24, 2.45) is 5.92 Å². The fourth-order valence-electron chi connectivity index (χ4n) is 3.00. The van der Waals surface area contributed by atoms with Crippen molar-refractivity contribution in [1.82, 2.24) is 15.2 Å². The Balaban J connectivity index is 1.40. The summed E-state index contributed by atoms with van der Waals surface area (Å²) in [4.78, 5) is 17.2. The van der Waals surface area contributed by atoms with Gasteiger partial charge in [0.25, 0.3) is 0 Å². The maximum Gasteiger partial charge on any atom is 0.413 e. The number of carbonyl (C=O) groups excluding carboxylic acids is 1. The van der Waals surface area contributed by atoms with E-state index in [2.05, 4.69) is 26.6 Å². The van der Waals surface area contributed by atoms with Gasteiger partial charge in [0, 0.05) is 24.8 Å². The van der Waals surface area contributed by atoms with Crippen LogP contribution in [0.25, 0.3) is 21.3 Å². The summed E-state index contributed by atoms with van der Waals surface area (Å²) in [6.45, 7) is 3.81. The van der Waals surface area contributed by atoms with E-state index < -0.39 is 6.09 Å². The molecule has 1 saturated heterocycles. The van der Waals surface area contributed by atoms with E-state index in [9.17, 15) is 4.79 Å². The first-order chi connectivity index (χ1) is 13.2. The molecule has 8 heteroatoms. The van der Waals surface area contributed by atoms with Gasteiger partial charge in [0.15, 0.2) is 5.13 Å². The van der Waals surface area contributed by atoms with E-state index in [1.54, 1.807) is 6.20 Å². The number of thiazole rings is 1. The van der Waals surface area contributed by atoms with Crippen molar-refractivity contribution in [2.75, 3.05) is 25.1 Å². The largest absolute Gasteiger partial charge is 0.449 e. The number of ether oxygens (including phenoxy) is 2. The van der Waals surface area contributed by atoms with Crippen LogP contribution in [0, 0.1) is 12.8 Å². The fourth-order valence-corrected chi connectivity index (χ4v) is 3.79. The van der Waals surface area contributed by atoms with Crippen molar-refractivity contribution in [3.63, 3.8) is 0 Å². The molecule has 1 fully saturated rings. The van der Waals surface area contributed by atoms with Crippen molar-refractivity contribution in [3.05, 3.63) is 36.2 Å². The summed E-state index contributed by atoms with van der Waals surface area (Å²) < 4.78 is 10.6. The van der Waals surface area contributed by atoms with Gasteiger partial charge >= 0.3 is 6.09 Å². The van der Waals surface area contributed by atoms with Crippen LogP contribution in [-0.2, 0) is 9.47 Å². The minimum Gasteiger partial charge on any atom is -0.449 e. The van der Waals surface area contributed by atoms with Crippen LogP contribution in [0.3, 0.4) is 0 Å². The van der Waals surface area contributed by atoms with Gasteiger partial charge < -0.3 is 9.47 Å². The van der Waals surface area contributed by atoms with E-state index in [1.165, 1.54) is 11.3 Å². The SMILES string of the molecule is Cc1cc2cc(-c3cnc(NC(=O)OCC4CCOCC4)s3)ccc2nn1. The topological polar surface area (TPSA) is 86.2 Å². The van der Waals surface area contributed by atoms with Gasteiger partial charge in [-0.15, -0.1) is 0 Å². The Morgan fingerprint density at radius 1 is 1.30 bits per heavy atom. The fraction of sp³-hybridized carbons (Fsp3) is 0.368. The number of hydrogen-bond donors (Lipinski definition) is 1. The Morgan fingerprint density at radius 3 is 3.00 bits per heavy atom. The smallest absolute Gasteiger partial charge is 0.413 e. The molecule has 3 heterocycles. The maximum absolute atomic E-state index is 12.0. The summed E-state index contributed by atoms with van der Waals surface area (Å²) >= 11 is 1.41. The number of nitrogens with zero attached hydrogens (tertiary/aromatic N) is 3. The second-order valence-corrected chi connectivity index (χ2v) is 7.60. The van der Waals surface area contributed by atoms with E-state index in [1.807, 2.05) is 25.1 Å². The Labute approximate surface area is 160 Å². The molecule has 2 aromatic heterocycles. The van der Waals surface area contributed by atoms with Gasteiger partial charge in [-0.2, -0.15) is 10.2 Å². The maximum atomic E-state index is 12.0. The lowest BCUT2D eigenvalue weighted by atomic mass is 10.0. The van der Waals surface area contributed by atoms with Crippen LogP contribution in [0.1, 0.15) is 18.5 Å². The monoisotopic (exact) mass is 384 g/mol. The molecule has 0 unspecified atom stereocenters. The molecule has 0 saturated carbocycles. The van der Waals surface area contributed by atoms with Crippen LogP contribution >= 0.6 is 11.3 Å². The molecule has 1 N–H and O–H groups in total. The number of anilines is 1. The normalized spacial score (nSPS) is 15.0. The van der Waals surface area contributed by atoms with Gasteiger partial charge in [-0.25, -0.2) is 9.78 Å². The number of carbonyl (C=O) groups is 1. The molecule has 0 aliphatic carbocycles.